The standard InChI is InChI=1S/C14H21Cl2NO/c1-3-17-14(6-5-9-18-4-2)12-10-11(15)7-8-13(12)16/h7-8,10,14,17H,3-6,9H2,1-2H3. The third-order valence-electron chi connectivity index (χ3n) is 2.77. The van der Waals surface area contributed by atoms with Crippen LogP contribution < -0.4 is 5.32 Å². The summed E-state index contributed by atoms with van der Waals surface area (Å²) in [5, 5.41) is 4.93. The fourth-order valence-electron chi connectivity index (χ4n) is 1.93. The van der Waals surface area contributed by atoms with E-state index in [0.29, 0.717) is 0 Å². The average molecular weight is 290 g/mol. The van der Waals surface area contributed by atoms with Gasteiger partial charge in [0.15, 0.2) is 0 Å². The summed E-state index contributed by atoms with van der Waals surface area (Å²) in [5.74, 6) is 0. The number of nitrogens with one attached hydrogen (secondary N) is 1. The van der Waals surface area contributed by atoms with E-state index < -0.39 is 0 Å². The van der Waals surface area contributed by atoms with Gasteiger partial charge in [0, 0.05) is 29.3 Å². The lowest BCUT2D eigenvalue weighted by Crippen LogP contribution is -2.21. The molecule has 2 nitrogen and oxygen atoms in total. The molecular weight excluding hydrogens is 269 g/mol. The average Bonchev–Trinajstić information content (AvgIpc) is 2.36. The third-order valence-corrected chi connectivity index (χ3v) is 3.35. The van der Waals surface area contributed by atoms with Crippen molar-refractivity contribution in [2.45, 2.75) is 32.7 Å². The van der Waals surface area contributed by atoms with Crippen LogP contribution in [0, 0.1) is 0 Å². The summed E-state index contributed by atoms with van der Waals surface area (Å²) in [7, 11) is 0. The van der Waals surface area contributed by atoms with Crippen LogP contribution >= 0.6 is 23.2 Å². The molecule has 0 bridgehead atoms. The lowest BCUT2D eigenvalue weighted by molar-refractivity contribution is 0.141. The maximum absolute atomic E-state index is 6.24. The molecule has 0 spiro atoms. The van der Waals surface area contributed by atoms with E-state index in [1.54, 1.807) is 0 Å². The second-order valence-electron chi connectivity index (χ2n) is 4.12. The van der Waals surface area contributed by atoms with Gasteiger partial charge in [-0.25, -0.2) is 0 Å². The highest BCUT2D eigenvalue weighted by atomic mass is 35.5. The Kier molecular flexibility index (Phi) is 7.68. The first-order valence-electron chi connectivity index (χ1n) is 6.45. The topological polar surface area (TPSA) is 21.3 Å². The molecule has 0 aliphatic heterocycles. The summed E-state index contributed by atoms with van der Waals surface area (Å²) < 4.78 is 5.37. The lowest BCUT2D eigenvalue weighted by Gasteiger charge is -2.20. The molecule has 1 rings (SSSR count). The Bertz CT molecular complexity index is 358. The Balaban J connectivity index is 2.67. The monoisotopic (exact) mass is 289 g/mol. The molecule has 4 heteroatoms. The van der Waals surface area contributed by atoms with Crippen molar-refractivity contribution in [1.29, 1.82) is 0 Å². The van der Waals surface area contributed by atoms with Crippen LogP contribution in [0.3, 0.4) is 0 Å². The van der Waals surface area contributed by atoms with Gasteiger partial charge in [0.05, 0.1) is 0 Å². The Morgan fingerprint density at radius 2 is 2.06 bits per heavy atom. The van der Waals surface area contributed by atoms with Crippen molar-refractivity contribution in [3.8, 4) is 0 Å². The molecule has 0 saturated heterocycles. The number of hydrogen-bond donors (Lipinski definition) is 1. The molecule has 0 fully saturated rings. The summed E-state index contributed by atoms with van der Waals surface area (Å²) in [5.41, 5.74) is 1.07. The van der Waals surface area contributed by atoms with Gasteiger partial charge in [0.1, 0.15) is 0 Å². The normalized spacial score (nSPS) is 12.7. The summed E-state index contributed by atoms with van der Waals surface area (Å²) in [6.07, 6.45) is 2.00. The quantitative estimate of drug-likeness (QED) is 0.714. The second kappa shape index (κ2) is 8.76. The van der Waals surface area contributed by atoms with E-state index in [1.807, 2.05) is 25.1 Å². The van der Waals surface area contributed by atoms with Gasteiger partial charge >= 0.3 is 0 Å². The largest absolute Gasteiger partial charge is 0.382 e. The highest BCUT2D eigenvalue weighted by Crippen LogP contribution is 2.28. The molecule has 1 atom stereocenters. The Labute approximate surface area is 120 Å². The van der Waals surface area contributed by atoms with Gasteiger partial charge in [-0.2, -0.15) is 0 Å². The Morgan fingerprint density at radius 1 is 1.28 bits per heavy atom. The fourth-order valence-corrected chi connectivity index (χ4v) is 2.36. The molecule has 0 amide bonds. The van der Waals surface area contributed by atoms with Gasteiger partial charge in [0.25, 0.3) is 0 Å². The van der Waals surface area contributed by atoms with E-state index >= 15 is 0 Å². The van der Waals surface area contributed by atoms with Crippen molar-refractivity contribution >= 4 is 23.2 Å². The Morgan fingerprint density at radius 3 is 2.72 bits per heavy atom. The van der Waals surface area contributed by atoms with Crippen LogP contribution in [0.25, 0.3) is 0 Å². The van der Waals surface area contributed by atoms with Gasteiger partial charge in [-0.15, -0.1) is 0 Å². The van der Waals surface area contributed by atoms with Crippen molar-refractivity contribution < 1.29 is 4.74 Å². The van der Waals surface area contributed by atoms with E-state index in [9.17, 15) is 0 Å². The predicted octanol–water partition coefficient (Wildman–Crippen LogP) is 4.46. The predicted molar refractivity (Wildman–Crippen MR) is 78.6 cm³/mol. The van der Waals surface area contributed by atoms with Gasteiger partial charge in [-0.05, 0) is 50.1 Å². The van der Waals surface area contributed by atoms with Crippen LogP contribution in [0.4, 0.5) is 0 Å². The number of hydrogen-bond acceptors (Lipinski definition) is 2. The van der Waals surface area contributed by atoms with Crippen molar-refractivity contribution in [2.24, 2.45) is 0 Å². The number of halogens is 2. The van der Waals surface area contributed by atoms with Crippen LogP contribution in [0.15, 0.2) is 18.2 Å². The maximum Gasteiger partial charge on any atom is 0.0466 e. The molecule has 1 aromatic rings. The Hall–Kier alpha value is -0.280. The van der Waals surface area contributed by atoms with Crippen molar-refractivity contribution in [1.82, 2.24) is 5.32 Å². The lowest BCUT2D eigenvalue weighted by atomic mass is 10.0. The summed E-state index contributed by atoms with van der Waals surface area (Å²) in [6, 6.07) is 5.85. The molecule has 0 aliphatic rings. The van der Waals surface area contributed by atoms with E-state index in [1.165, 1.54) is 0 Å². The molecule has 0 heterocycles. The molecular formula is C14H21Cl2NO. The molecule has 0 aliphatic carbocycles. The zero-order valence-corrected chi connectivity index (χ0v) is 12.5. The highest BCUT2D eigenvalue weighted by molar-refractivity contribution is 6.33. The summed E-state index contributed by atoms with van der Waals surface area (Å²) in [6.45, 7) is 6.56. The van der Waals surface area contributed by atoms with E-state index in [0.717, 1.165) is 48.2 Å². The van der Waals surface area contributed by atoms with Gasteiger partial charge in [-0.3, -0.25) is 0 Å². The van der Waals surface area contributed by atoms with Gasteiger partial charge in [0.2, 0.25) is 0 Å². The number of benzene rings is 1. The first-order valence-corrected chi connectivity index (χ1v) is 7.20. The molecule has 1 N–H and O–H groups in total. The van der Waals surface area contributed by atoms with Crippen LogP contribution in [-0.4, -0.2) is 19.8 Å². The van der Waals surface area contributed by atoms with E-state index in [4.69, 9.17) is 27.9 Å². The number of rotatable bonds is 8. The molecule has 102 valence electrons. The maximum atomic E-state index is 6.24. The summed E-state index contributed by atoms with van der Waals surface area (Å²) in [4.78, 5) is 0. The van der Waals surface area contributed by atoms with Crippen LogP contribution in [0.5, 0.6) is 0 Å². The second-order valence-corrected chi connectivity index (χ2v) is 4.96. The first kappa shape index (κ1) is 15.8. The zero-order valence-electron chi connectivity index (χ0n) is 11.0. The fraction of sp³-hybridized carbons (Fsp3) is 0.571. The van der Waals surface area contributed by atoms with E-state index in [2.05, 4.69) is 12.2 Å². The van der Waals surface area contributed by atoms with Crippen molar-refractivity contribution in [3.05, 3.63) is 33.8 Å². The molecule has 0 aromatic heterocycles. The van der Waals surface area contributed by atoms with Gasteiger partial charge in [-0.1, -0.05) is 30.1 Å². The molecule has 1 aromatic carbocycles. The summed E-state index contributed by atoms with van der Waals surface area (Å²) >= 11 is 12.3. The first-order chi connectivity index (χ1) is 8.69. The zero-order chi connectivity index (χ0) is 13.4. The minimum atomic E-state index is 0.238. The number of ether oxygens (including phenoxy) is 1. The molecule has 18 heavy (non-hydrogen) atoms. The van der Waals surface area contributed by atoms with Crippen molar-refractivity contribution in [2.75, 3.05) is 19.8 Å². The smallest absolute Gasteiger partial charge is 0.0466 e. The van der Waals surface area contributed by atoms with Gasteiger partial charge < -0.3 is 10.1 Å². The third kappa shape index (κ3) is 5.15. The van der Waals surface area contributed by atoms with E-state index in [-0.39, 0.29) is 6.04 Å². The molecule has 0 saturated carbocycles. The van der Waals surface area contributed by atoms with Crippen molar-refractivity contribution in [3.63, 3.8) is 0 Å². The molecule has 0 radical (unpaired) electrons. The highest BCUT2D eigenvalue weighted by Gasteiger charge is 2.13. The SMILES string of the molecule is CCNC(CCCOCC)c1cc(Cl)ccc1Cl. The van der Waals surface area contributed by atoms with Crippen LogP contribution in [-0.2, 0) is 4.74 Å². The minimum absolute atomic E-state index is 0.238. The van der Waals surface area contributed by atoms with Crippen LogP contribution in [0.2, 0.25) is 10.0 Å². The molecule has 1 unspecified atom stereocenters. The van der Waals surface area contributed by atoms with Crippen LogP contribution in [0.1, 0.15) is 38.3 Å². The minimum Gasteiger partial charge on any atom is -0.382 e.